The standard InChI is InChI=1S/C15H14F2N2O2/c1-15(2,8-18)4-3-5-19-12-7-11(17)10(16)6-9(12)13(20)14(19)21/h6-7H,3-5H2,1-2H3. The molecule has 0 fully saturated rings. The fourth-order valence-electron chi connectivity index (χ4n) is 2.25. The minimum atomic E-state index is -1.15. The number of carbonyl (C=O) groups excluding carboxylic acids is 2. The summed E-state index contributed by atoms with van der Waals surface area (Å²) in [5.74, 6) is -3.87. The van der Waals surface area contributed by atoms with Gasteiger partial charge in [0, 0.05) is 12.6 Å². The Labute approximate surface area is 121 Å². The van der Waals surface area contributed by atoms with Crippen LogP contribution in [0.1, 0.15) is 37.0 Å². The Hall–Kier alpha value is -2.29. The predicted octanol–water partition coefficient (Wildman–Crippen LogP) is 2.82. The number of hydrogen-bond donors (Lipinski definition) is 0. The lowest BCUT2D eigenvalue weighted by Crippen LogP contribution is -2.31. The van der Waals surface area contributed by atoms with Gasteiger partial charge >= 0.3 is 0 Å². The van der Waals surface area contributed by atoms with E-state index in [4.69, 9.17) is 5.26 Å². The molecular weight excluding hydrogens is 278 g/mol. The second kappa shape index (κ2) is 5.24. The number of fused-ring (bicyclic) bond motifs is 1. The first-order valence-electron chi connectivity index (χ1n) is 6.53. The third kappa shape index (κ3) is 2.77. The average molecular weight is 292 g/mol. The molecule has 1 aromatic carbocycles. The Balaban J connectivity index is 2.20. The maximum absolute atomic E-state index is 13.3. The van der Waals surface area contributed by atoms with Crippen molar-refractivity contribution in [1.29, 1.82) is 5.26 Å². The van der Waals surface area contributed by atoms with Crippen LogP contribution in [0.15, 0.2) is 12.1 Å². The molecule has 1 aliphatic rings. The second-order valence-electron chi connectivity index (χ2n) is 5.67. The van der Waals surface area contributed by atoms with Gasteiger partial charge in [-0.1, -0.05) is 0 Å². The van der Waals surface area contributed by atoms with Crippen LogP contribution < -0.4 is 4.90 Å². The molecule has 0 aliphatic carbocycles. The summed E-state index contributed by atoms with van der Waals surface area (Å²) in [7, 11) is 0. The van der Waals surface area contributed by atoms with Crippen molar-refractivity contribution >= 4 is 17.4 Å². The van der Waals surface area contributed by atoms with Crippen LogP contribution in [0.3, 0.4) is 0 Å². The highest BCUT2D eigenvalue weighted by molar-refractivity contribution is 6.52. The largest absolute Gasteiger partial charge is 0.305 e. The minimum Gasteiger partial charge on any atom is -0.305 e. The monoisotopic (exact) mass is 292 g/mol. The van der Waals surface area contributed by atoms with E-state index in [1.54, 1.807) is 13.8 Å². The summed E-state index contributed by atoms with van der Waals surface area (Å²) in [5.41, 5.74) is -0.555. The summed E-state index contributed by atoms with van der Waals surface area (Å²) in [6, 6.07) is 3.76. The van der Waals surface area contributed by atoms with Gasteiger partial charge in [-0.15, -0.1) is 0 Å². The number of nitrogens with zero attached hydrogens (tertiary/aromatic N) is 2. The number of carbonyl (C=O) groups is 2. The van der Waals surface area contributed by atoms with Gasteiger partial charge in [0.2, 0.25) is 0 Å². The Kier molecular flexibility index (Phi) is 3.77. The predicted molar refractivity (Wildman–Crippen MR) is 71.7 cm³/mol. The van der Waals surface area contributed by atoms with Crippen LogP contribution in [0.2, 0.25) is 0 Å². The summed E-state index contributed by atoms with van der Waals surface area (Å²) < 4.78 is 26.5. The Morgan fingerprint density at radius 1 is 1.24 bits per heavy atom. The molecule has 0 N–H and O–H groups in total. The molecule has 0 spiro atoms. The molecule has 0 unspecified atom stereocenters. The van der Waals surface area contributed by atoms with E-state index >= 15 is 0 Å². The van der Waals surface area contributed by atoms with Gasteiger partial charge < -0.3 is 4.90 Å². The van der Waals surface area contributed by atoms with E-state index in [1.807, 2.05) is 0 Å². The first kappa shape index (κ1) is 15.1. The molecule has 6 heteroatoms. The molecule has 0 saturated heterocycles. The smallest absolute Gasteiger partial charge is 0.299 e. The minimum absolute atomic E-state index is 0.0960. The third-order valence-corrected chi connectivity index (χ3v) is 3.50. The van der Waals surface area contributed by atoms with E-state index in [0.717, 1.165) is 17.0 Å². The summed E-state index contributed by atoms with van der Waals surface area (Å²) in [5, 5.41) is 8.93. The number of rotatable bonds is 4. The van der Waals surface area contributed by atoms with Crippen LogP contribution >= 0.6 is 0 Å². The van der Waals surface area contributed by atoms with E-state index in [-0.39, 0.29) is 17.8 Å². The van der Waals surface area contributed by atoms with Crippen molar-refractivity contribution in [2.24, 2.45) is 5.41 Å². The van der Waals surface area contributed by atoms with Gasteiger partial charge in [-0.05, 0) is 32.8 Å². The van der Waals surface area contributed by atoms with Gasteiger partial charge in [0.1, 0.15) is 0 Å². The van der Waals surface area contributed by atoms with Gasteiger partial charge in [0.15, 0.2) is 11.6 Å². The number of halogens is 2. The second-order valence-corrected chi connectivity index (χ2v) is 5.67. The lowest BCUT2D eigenvalue weighted by molar-refractivity contribution is -0.114. The van der Waals surface area contributed by atoms with Gasteiger partial charge in [-0.3, -0.25) is 9.59 Å². The highest BCUT2D eigenvalue weighted by atomic mass is 19.2. The van der Waals surface area contributed by atoms with Gasteiger partial charge in [-0.2, -0.15) is 5.26 Å². The van der Waals surface area contributed by atoms with Crippen LogP contribution in [-0.4, -0.2) is 18.2 Å². The SMILES string of the molecule is CC(C)(C#N)CCCN1C(=O)C(=O)c2cc(F)c(F)cc21. The number of anilines is 1. The van der Waals surface area contributed by atoms with Crippen LogP contribution in [0, 0.1) is 28.4 Å². The highest BCUT2D eigenvalue weighted by Crippen LogP contribution is 2.32. The molecule has 0 atom stereocenters. The Bertz CT molecular complexity index is 662. The maximum atomic E-state index is 13.3. The van der Waals surface area contributed by atoms with Crippen molar-refractivity contribution in [3.63, 3.8) is 0 Å². The topological polar surface area (TPSA) is 61.2 Å². The molecule has 1 amide bonds. The molecule has 0 radical (unpaired) electrons. The Morgan fingerprint density at radius 2 is 1.86 bits per heavy atom. The fraction of sp³-hybridized carbons (Fsp3) is 0.400. The highest BCUT2D eigenvalue weighted by Gasteiger charge is 2.36. The van der Waals surface area contributed by atoms with E-state index in [2.05, 4.69) is 6.07 Å². The van der Waals surface area contributed by atoms with Crippen molar-refractivity contribution in [1.82, 2.24) is 0 Å². The number of nitriles is 1. The summed E-state index contributed by atoms with van der Waals surface area (Å²) in [4.78, 5) is 24.8. The summed E-state index contributed by atoms with van der Waals surface area (Å²) in [6.07, 6.45) is 1.01. The normalized spacial score (nSPS) is 14.3. The van der Waals surface area contributed by atoms with E-state index in [9.17, 15) is 18.4 Å². The molecule has 1 aromatic rings. The maximum Gasteiger partial charge on any atom is 0.299 e. The van der Waals surface area contributed by atoms with Crippen LogP contribution in [0.4, 0.5) is 14.5 Å². The van der Waals surface area contributed by atoms with Crippen LogP contribution in [0.5, 0.6) is 0 Å². The van der Waals surface area contributed by atoms with Crippen molar-refractivity contribution < 1.29 is 18.4 Å². The average Bonchev–Trinajstić information content (AvgIpc) is 2.65. The molecule has 110 valence electrons. The molecule has 21 heavy (non-hydrogen) atoms. The number of amides is 1. The first-order valence-corrected chi connectivity index (χ1v) is 6.53. The summed E-state index contributed by atoms with van der Waals surface area (Å²) in [6.45, 7) is 3.73. The third-order valence-electron chi connectivity index (χ3n) is 3.50. The van der Waals surface area contributed by atoms with Crippen molar-refractivity contribution in [2.45, 2.75) is 26.7 Å². The molecule has 2 rings (SSSR count). The lowest BCUT2D eigenvalue weighted by atomic mass is 9.90. The molecule has 1 aliphatic heterocycles. The molecule has 4 nitrogen and oxygen atoms in total. The number of ketones is 1. The van der Waals surface area contributed by atoms with Crippen molar-refractivity contribution in [3.8, 4) is 6.07 Å². The van der Waals surface area contributed by atoms with Crippen molar-refractivity contribution in [3.05, 3.63) is 29.3 Å². The zero-order valence-corrected chi connectivity index (χ0v) is 11.7. The molecule has 0 aromatic heterocycles. The van der Waals surface area contributed by atoms with E-state index in [1.165, 1.54) is 0 Å². The zero-order valence-electron chi connectivity index (χ0n) is 11.7. The first-order chi connectivity index (χ1) is 9.76. The zero-order chi connectivity index (χ0) is 15.8. The van der Waals surface area contributed by atoms with Crippen LogP contribution in [-0.2, 0) is 4.79 Å². The van der Waals surface area contributed by atoms with Gasteiger partial charge in [0.05, 0.1) is 22.7 Å². The molecular formula is C15H14F2N2O2. The van der Waals surface area contributed by atoms with Crippen LogP contribution in [0.25, 0.3) is 0 Å². The quantitative estimate of drug-likeness (QED) is 0.802. The van der Waals surface area contributed by atoms with Gasteiger partial charge in [0.25, 0.3) is 11.7 Å². The number of benzene rings is 1. The number of Topliss-reactive ketones (excluding diaryl/α,β-unsaturated/α-hetero) is 1. The lowest BCUT2D eigenvalue weighted by Gasteiger charge is -2.19. The van der Waals surface area contributed by atoms with E-state index in [0.29, 0.717) is 12.8 Å². The summed E-state index contributed by atoms with van der Waals surface area (Å²) >= 11 is 0. The molecule has 0 saturated carbocycles. The van der Waals surface area contributed by atoms with Crippen molar-refractivity contribution in [2.75, 3.05) is 11.4 Å². The fourth-order valence-corrected chi connectivity index (χ4v) is 2.25. The number of hydrogen-bond acceptors (Lipinski definition) is 3. The van der Waals surface area contributed by atoms with E-state index < -0.39 is 28.7 Å². The van der Waals surface area contributed by atoms with Gasteiger partial charge in [-0.25, -0.2) is 8.78 Å². The molecule has 1 heterocycles. The Morgan fingerprint density at radius 3 is 2.48 bits per heavy atom. The molecule has 0 bridgehead atoms.